The predicted molar refractivity (Wildman–Crippen MR) is 88.8 cm³/mol. The number of benzene rings is 1. The van der Waals surface area contributed by atoms with Crippen molar-refractivity contribution in [3.8, 4) is 0 Å². The van der Waals surface area contributed by atoms with Gasteiger partial charge in [-0.15, -0.1) is 23.2 Å². The van der Waals surface area contributed by atoms with Crippen LogP contribution < -0.4 is 0 Å². The molecule has 0 unspecified atom stereocenters. The Kier molecular flexibility index (Phi) is 4.83. The van der Waals surface area contributed by atoms with Crippen molar-refractivity contribution in [3.63, 3.8) is 0 Å². The molecule has 0 spiro atoms. The third kappa shape index (κ3) is 2.94. The number of nitrogens with zero attached hydrogens (tertiary/aromatic N) is 1. The highest BCUT2D eigenvalue weighted by Crippen LogP contribution is 2.51. The summed E-state index contributed by atoms with van der Waals surface area (Å²) >= 11 is 12.3. The van der Waals surface area contributed by atoms with E-state index in [1.54, 1.807) is 4.90 Å². The van der Waals surface area contributed by atoms with Crippen LogP contribution in [0.5, 0.6) is 0 Å². The van der Waals surface area contributed by atoms with E-state index in [1.165, 1.54) is 0 Å². The molecule has 0 aromatic heterocycles. The highest BCUT2D eigenvalue weighted by molar-refractivity contribution is 6.39. The number of amides is 1. The summed E-state index contributed by atoms with van der Waals surface area (Å²) in [7, 11) is 0. The molecule has 0 N–H and O–H groups in total. The van der Waals surface area contributed by atoms with Crippen molar-refractivity contribution in [2.24, 2.45) is 5.92 Å². The summed E-state index contributed by atoms with van der Waals surface area (Å²) in [5.74, 6) is 0.358. The number of likely N-dealkylation sites (tertiary alicyclic amines) is 1. The molecular formula is C17H19Cl2NO3. The maximum Gasteiger partial charge on any atom is 0.410 e. The number of halogens is 2. The Morgan fingerprint density at radius 3 is 2.78 bits per heavy atom. The van der Waals surface area contributed by atoms with Crippen molar-refractivity contribution in [2.75, 3.05) is 12.4 Å². The minimum Gasteiger partial charge on any atom is -0.445 e. The first-order chi connectivity index (χ1) is 11.1. The van der Waals surface area contributed by atoms with Gasteiger partial charge in [-0.1, -0.05) is 30.3 Å². The maximum atomic E-state index is 12.4. The molecule has 1 saturated heterocycles. The average Bonchev–Trinajstić information content (AvgIpc) is 3.01. The van der Waals surface area contributed by atoms with Crippen molar-refractivity contribution >= 4 is 35.1 Å². The van der Waals surface area contributed by atoms with Gasteiger partial charge >= 0.3 is 6.09 Å². The fourth-order valence-corrected chi connectivity index (χ4v) is 4.27. The van der Waals surface area contributed by atoms with Crippen LogP contribution in [0.15, 0.2) is 30.3 Å². The summed E-state index contributed by atoms with van der Waals surface area (Å²) in [4.78, 5) is 25.3. The molecule has 3 rings (SSSR count). The van der Waals surface area contributed by atoms with Gasteiger partial charge in [-0.05, 0) is 24.8 Å². The van der Waals surface area contributed by atoms with Gasteiger partial charge in [0.1, 0.15) is 11.5 Å². The molecule has 4 nitrogen and oxygen atoms in total. The van der Waals surface area contributed by atoms with Gasteiger partial charge in [-0.25, -0.2) is 4.79 Å². The quantitative estimate of drug-likeness (QED) is 0.758. The first-order valence-corrected chi connectivity index (χ1v) is 8.75. The molecule has 3 atom stereocenters. The van der Waals surface area contributed by atoms with Crippen LogP contribution in [0.2, 0.25) is 0 Å². The van der Waals surface area contributed by atoms with Crippen molar-refractivity contribution in [3.05, 3.63) is 35.9 Å². The Labute approximate surface area is 145 Å². The topological polar surface area (TPSA) is 46.6 Å². The summed E-state index contributed by atoms with van der Waals surface area (Å²) in [6, 6.07) is 9.25. The van der Waals surface area contributed by atoms with Gasteiger partial charge in [0.2, 0.25) is 0 Å². The summed E-state index contributed by atoms with van der Waals surface area (Å²) in [6.45, 7) is 0.739. The number of rotatable bonds is 5. The molecule has 2 aliphatic rings. The fourth-order valence-electron chi connectivity index (χ4n) is 3.59. The van der Waals surface area contributed by atoms with Gasteiger partial charge in [0, 0.05) is 18.3 Å². The molecular weight excluding hydrogens is 337 g/mol. The second kappa shape index (κ2) is 6.70. The van der Waals surface area contributed by atoms with Gasteiger partial charge in [0.05, 0.1) is 6.04 Å². The first kappa shape index (κ1) is 16.6. The lowest BCUT2D eigenvalue weighted by Crippen LogP contribution is -2.67. The molecule has 23 heavy (non-hydrogen) atoms. The van der Waals surface area contributed by atoms with Crippen molar-refractivity contribution in [1.82, 2.24) is 4.90 Å². The number of carbonyl (C=O) groups is 2. The Bertz CT molecular complexity index is 595. The standard InChI is InChI=1S/C17H19Cl2NO3/c18-9-4-8-17(19)14-13(15(17)21)7-10-20(14)16(22)23-11-12-5-2-1-3-6-12/h1-3,5-6,13-14H,4,7-11H2/t13-,14+,17+/m1/s1. The summed E-state index contributed by atoms with van der Waals surface area (Å²) in [5, 5.41) is 0. The lowest BCUT2D eigenvalue weighted by molar-refractivity contribution is -0.137. The van der Waals surface area contributed by atoms with E-state index in [1.807, 2.05) is 30.3 Å². The van der Waals surface area contributed by atoms with E-state index in [2.05, 4.69) is 0 Å². The van der Waals surface area contributed by atoms with Crippen LogP contribution in [0.3, 0.4) is 0 Å². The van der Waals surface area contributed by atoms with Crippen LogP contribution in [0.25, 0.3) is 0 Å². The highest BCUT2D eigenvalue weighted by atomic mass is 35.5. The van der Waals surface area contributed by atoms with Crippen LogP contribution in [-0.2, 0) is 16.1 Å². The third-order valence-electron chi connectivity index (χ3n) is 4.73. The monoisotopic (exact) mass is 355 g/mol. The molecule has 1 saturated carbocycles. The zero-order valence-corrected chi connectivity index (χ0v) is 14.2. The number of fused-ring (bicyclic) bond motifs is 1. The van der Waals surface area contributed by atoms with Crippen LogP contribution in [0.4, 0.5) is 4.79 Å². The molecule has 1 aliphatic heterocycles. The first-order valence-electron chi connectivity index (χ1n) is 7.84. The van der Waals surface area contributed by atoms with Crippen LogP contribution in [0.1, 0.15) is 24.8 Å². The van der Waals surface area contributed by atoms with E-state index in [4.69, 9.17) is 27.9 Å². The maximum absolute atomic E-state index is 12.4. The number of carbonyl (C=O) groups excluding carboxylic acids is 2. The summed E-state index contributed by atoms with van der Waals surface area (Å²) in [6.07, 6.45) is 1.43. The molecule has 1 aromatic rings. The van der Waals surface area contributed by atoms with Crippen LogP contribution >= 0.6 is 23.2 Å². The molecule has 0 bridgehead atoms. The molecule has 1 heterocycles. The van der Waals surface area contributed by atoms with E-state index in [-0.39, 0.29) is 24.3 Å². The lowest BCUT2D eigenvalue weighted by Gasteiger charge is -2.48. The number of ether oxygens (including phenoxy) is 1. The number of Topliss-reactive ketones (excluding diaryl/α,β-unsaturated/α-hetero) is 1. The van der Waals surface area contributed by atoms with Crippen LogP contribution in [-0.4, -0.2) is 40.1 Å². The average molecular weight is 356 g/mol. The van der Waals surface area contributed by atoms with Crippen molar-refractivity contribution < 1.29 is 14.3 Å². The van der Waals surface area contributed by atoms with Crippen molar-refractivity contribution in [2.45, 2.75) is 36.8 Å². The van der Waals surface area contributed by atoms with Gasteiger partial charge in [0.15, 0.2) is 5.78 Å². The van der Waals surface area contributed by atoms with E-state index in [0.29, 0.717) is 31.7 Å². The molecule has 0 radical (unpaired) electrons. The van der Waals surface area contributed by atoms with E-state index >= 15 is 0 Å². The van der Waals surface area contributed by atoms with Crippen molar-refractivity contribution in [1.29, 1.82) is 0 Å². The number of hydrogen-bond acceptors (Lipinski definition) is 3. The summed E-state index contributed by atoms with van der Waals surface area (Å²) in [5.41, 5.74) is 0.931. The SMILES string of the molecule is O=C(OCc1ccccc1)N1CC[C@H]2C(=O)[C@](Cl)(CCCCl)[C@H]21. The minimum absolute atomic E-state index is 0.0487. The van der Waals surface area contributed by atoms with Gasteiger partial charge < -0.3 is 9.64 Å². The lowest BCUT2D eigenvalue weighted by atomic mass is 9.66. The highest BCUT2D eigenvalue weighted by Gasteiger charge is 2.66. The fraction of sp³-hybridized carbons (Fsp3) is 0.529. The second-order valence-corrected chi connectivity index (χ2v) is 7.15. The number of alkyl halides is 2. The number of hydrogen-bond donors (Lipinski definition) is 0. The minimum atomic E-state index is -0.984. The molecule has 1 amide bonds. The molecule has 1 aliphatic carbocycles. The molecule has 6 heteroatoms. The van der Waals surface area contributed by atoms with Gasteiger partial charge in [0.25, 0.3) is 0 Å². The second-order valence-electron chi connectivity index (χ2n) is 6.09. The Morgan fingerprint density at radius 2 is 2.09 bits per heavy atom. The van der Waals surface area contributed by atoms with Gasteiger partial charge in [-0.2, -0.15) is 0 Å². The molecule has 1 aromatic carbocycles. The summed E-state index contributed by atoms with van der Waals surface area (Å²) < 4.78 is 5.39. The Morgan fingerprint density at radius 1 is 1.35 bits per heavy atom. The number of ketones is 1. The smallest absolute Gasteiger partial charge is 0.410 e. The van der Waals surface area contributed by atoms with E-state index in [9.17, 15) is 9.59 Å². The van der Waals surface area contributed by atoms with E-state index < -0.39 is 11.0 Å². The van der Waals surface area contributed by atoms with Crippen LogP contribution in [0, 0.1) is 5.92 Å². The third-order valence-corrected chi connectivity index (χ3v) is 5.59. The van der Waals surface area contributed by atoms with Gasteiger partial charge in [-0.3, -0.25) is 4.79 Å². The predicted octanol–water partition coefficient (Wildman–Crippen LogP) is 3.59. The Hall–Kier alpha value is -1.26. The zero-order chi connectivity index (χ0) is 16.4. The van der Waals surface area contributed by atoms with E-state index in [0.717, 1.165) is 5.56 Å². The molecule has 2 fully saturated rings. The Balaban J connectivity index is 1.63. The largest absolute Gasteiger partial charge is 0.445 e. The zero-order valence-electron chi connectivity index (χ0n) is 12.7. The molecule has 124 valence electrons. The normalized spacial score (nSPS) is 29.1.